The van der Waals surface area contributed by atoms with Gasteiger partial charge in [0.2, 0.25) is 0 Å². The van der Waals surface area contributed by atoms with Crippen LogP contribution < -0.4 is 5.32 Å². The fourth-order valence-electron chi connectivity index (χ4n) is 1.33. The van der Waals surface area contributed by atoms with Crippen LogP contribution in [0.15, 0.2) is 24.4 Å². The lowest BCUT2D eigenvalue weighted by Gasteiger charge is -1.96. The minimum Gasteiger partial charge on any atom is -0.372 e. The maximum atomic E-state index is 4.27. The predicted octanol–water partition coefficient (Wildman–Crippen LogP) is 1.46. The molecule has 0 fully saturated rings. The first-order valence-corrected chi connectivity index (χ1v) is 4.17. The van der Waals surface area contributed by atoms with Gasteiger partial charge in [0.15, 0.2) is 0 Å². The molecule has 0 amide bonds. The van der Waals surface area contributed by atoms with Gasteiger partial charge in [-0.05, 0) is 12.1 Å². The molecule has 13 heavy (non-hydrogen) atoms. The number of rotatable bonds is 2. The molecule has 0 atom stereocenters. The normalized spacial score (nSPS) is 10.3. The number of nitrogens with zero attached hydrogens (tertiary/aromatic N) is 2. The Morgan fingerprint density at radius 3 is 2.92 bits per heavy atom. The molecule has 0 spiro atoms. The van der Waals surface area contributed by atoms with Gasteiger partial charge in [-0.25, -0.2) is 0 Å². The van der Waals surface area contributed by atoms with Crippen molar-refractivity contribution < 1.29 is 0 Å². The van der Waals surface area contributed by atoms with Gasteiger partial charge in [0.05, 0.1) is 11.4 Å². The van der Waals surface area contributed by atoms with Crippen LogP contribution in [-0.4, -0.2) is 21.8 Å². The number of aryl methyl sites for hydroxylation is 1. The van der Waals surface area contributed by atoms with E-state index < -0.39 is 0 Å². The number of nitrogens with one attached hydrogen (secondary N) is 2. The number of H-pyrrole nitrogens is 1. The van der Waals surface area contributed by atoms with Gasteiger partial charge < -0.3 is 10.3 Å². The molecule has 0 aliphatic rings. The molecule has 0 aliphatic carbocycles. The summed E-state index contributed by atoms with van der Waals surface area (Å²) in [6.45, 7) is 0. The first kappa shape index (κ1) is 7.91. The van der Waals surface area contributed by atoms with Crippen molar-refractivity contribution in [1.29, 1.82) is 0 Å². The van der Waals surface area contributed by atoms with Crippen molar-refractivity contribution in [2.75, 3.05) is 12.4 Å². The summed E-state index contributed by atoms with van der Waals surface area (Å²) in [7, 11) is 3.79. The lowest BCUT2D eigenvalue weighted by atomic mass is 10.3. The lowest BCUT2D eigenvalue weighted by Crippen LogP contribution is -1.94. The summed E-state index contributed by atoms with van der Waals surface area (Å²) < 4.78 is 1.84. The van der Waals surface area contributed by atoms with Crippen LogP contribution in [0.1, 0.15) is 0 Å². The van der Waals surface area contributed by atoms with Crippen LogP contribution in [0.2, 0.25) is 0 Å². The standard InChI is InChI=1S/C9H12N4/c1-10-9-6-8(13(2)12-9)7-4-3-5-11-7/h3-6,11H,1-2H3,(H,10,12). The number of hydrogen-bond acceptors (Lipinski definition) is 2. The van der Waals surface area contributed by atoms with Crippen LogP contribution in [0.3, 0.4) is 0 Å². The summed E-state index contributed by atoms with van der Waals surface area (Å²) in [6, 6.07) is 6.00. The zero-order valence-electron chi connectivity index (χ0n) is 7.70. The van der Waals surface area contributed by atoms with E-state index in [1.165, 1.54) is 0 Å². The van der Waals surface area contributed by atoms with Gasteiger partial charge in [-0.15, -0.1) is 0 Å². The quantitative estimate of drug-likeness (QED) is 0.727. The van der Waals surface area contributed by atoms with Gasteiger partial charge >= 0.3 is 0 Å². The Bertz CT molecular complexity index is 386. The van der Waals surface area contributed by atoms with Gasteiger partial charge in [-0.2, -0.15) is 5.10 Å². The highest BCUT2D eigenvalue weighted by molar-refractivity contribution is 5.59. The average Bonchev–Trinajstić information content (AvgIpc) is 2.72. The maximum absolute atomic E-state index is 4.27. The molecule has 0 saturated heterocycles. The van der Waals surface area contributed by atoms with E-state index in [9.17, 15) is 0 Å². The maximum Gasteiger partial charge on any atom is 0.148 e. The topological polar surface area (TPSA) is 45.6 Å². The van der Waals surface area contributed by atoms with Crippen molar-refractivity contribution in [2.24, 2.45) is 7.05 Å². The predicted molar refractivity (Wildman–Crippen MR) is 52.5 cm³/mol. The van der Waals surface area contributed by atoms with Crippen LogP contribution in [0, 0.1) is 0 Å². The summed E-state index contributed by atoms with van der Waals surface area (Å²) in [5, 5.41) is 7.27. The number of aromatic amines is 1. The summed E-state index contributed by atoms with van der Waals surface area (Å²) in [6.07, 6.45) is 1.90. The Kier molecular flexibility index (Phi) is 1.81. The van der Waals surface area contributed by atoms with E-state index in [1.807, 2.05) is 43.2 Å². The number of aromatic nitrogens is 3. The number of anilines is 1. The van der Waals surface area contributed by atoms with Crippen LogP contribution in [0.5, 0.6) is 0 Å². The zero-order chi connectivity index (χ0) is 9.26. The second-order valence-corrected chi connectivity index (χ2v) is 2.87. The fourth-order valence-corrected chi connectivity index (χ4v) is 1.33. The zero-order valence-corrected chi connectivity index (χ0v) is 7.70. The van der Waals surface area contributed by atoms with E-state index in [2.05, 4.69) is 15.4 Å². The fraction of sp³-hybridized carbons (Fsp3) is 0.222. The number of hydrogen-bond donors (Lipinski definition) is 2. The molecule has 2 heterocycles. The highest BCUT2D eigenvalue weighted by atomic mass is 15.3. The van der Waals surface area contributed by atoms with Crippen molar-refractivity contribution in [2.45, 2.75) is 0 Å². The molecule has 68 valence electrons. The smallest absolute Gasteiger partial charge is 0.148 e. The minimum absolute atomic E-state index is 0.882. The molecule has 2 rings (SSSR count). The van der Waals surface area contributed by atoms with Gasteiger partial charge in [0.1, 0.15) is 5.82 Å². The van der Waals surface area contributed by atoms with E-state index in [0.717, 1.165) is 17.2 Å². The van der Waals surface area contributed by atoms with Crippen molar-refractivity contribution >= 4 is 5.82 Å². The largest absolute Gasteiger partial charge is 0.372 e. The van der Waals surface area contributed by atoms with Crippen molar-refractivity contribution in [3.05, 3.63) is 24.4 Å². The molecule has 0 aliphatic heterocycles. The second kappa shape index (κ2) is 2.97. The minimum atomic E-state index is 0.882. The molecule has 4 heteroatoms. The third-order valence-corrected chi connectivity index (χ3v) is 2.01. The Balaban J connectivity index is 2.46. The Labute approximate surface area is 76.6 Å². The third kappa shape index (κ3) is 1.30. The van der Waals surface area contributed by atoms with Gasteiger partial charge in [0.25, 0.3) is 0 Å². The summed E-state index contributed by atoms with van der Waals surface area (Å²) in [4.78, 5) is 3.14. The molecule has 0 saturated carbocycles. The van der Waals surface area contributed by atoms with Gasteiger partial charge in [-0.1, -0.05) is 0 Å². The molecule has 4 nitrogen and oxygen atoms in total. The second-order valence-electron chi connectivity index (χ2n) is 2.87. The molecule has 0 aromatic carbocycles. The van der Waals surface area contributed by atoms with E-state index in [4.69, 9.17) is 0 Å². The Morgan fingerprint density at radius 2 is 2.38 bits per heavy atom. The highest BCUT2D eigenvalue weighted by Crippen LogP contribution is 2.19. The summed E-state index contributed by atoms with van der Waals surface area (Å²) in [5.41, 5.74) is 2.16. The van der Waals surface area contributed by atoms with Crippen LogP contribution in [0.25, 0.3) is 11.4 Å². The van der Waals surface area contributed by atoms with Crippen molar-refractivity contribution in [3.8, 4) is 11.4 Å². The molecular formula is C9H12N4. The molecule has 2 N–H and O–H groups in total. The van der Waals surface area contributed by atoms with E-state index in [-0.39, 0.29) is 0 Å². The molecule has 2 aromatic rings. The lowest BCUT2D eigenvalue weighted by molar-refractivity contribution is 0.776. The van der Waals surface area contributed by atoms with Gasteiger partial charge in [-0.3, -0.25) is 4.68 Å². The monoisotopic (exact) mass is 176 g/mol. The van der Waals surface area contributed by atoms with E-state index >= 15 is 0 Å². The first-order chi connectivity index (χ1) is 6.31. The van der Waals surface area contributed by atoms with Crippen LogP contribution >= 0.6 is 0 Å². The van der Waals surface area contributed by atoms with Gasteiger partial charge in [0, 0.05) is 26.4 Å². The first-order valence-electron chi connectivity index (χ1n) is 4.17. The molecule has 0 radical (unpaired) electrons. The molecule has 0 bridgehead atoms. The van der Waals surface area contributed by atoms with Crippen molar-refractivity contribution in [1.82, 2.24) is 14.8 Å². The average molecular weight is 176 g/mol. The van der Waals surface area contributed by atoms with Crippen molar-refractivity contribution in [3.63, 3.8) is 0 Å². The van der Waals surface area contributed by atoms with E-state index in [1.54, 1.807) is 0 Å². The molecule has 2 aromatic heterocycles. The highest BCUT2D eigenvalue weighted by Gasteiger charge is 2.05. The van der Waals surface area contributed by atoms with Crippen LogP contribution in [-0.2, 0) is 7.05 Å². The SMILES string of the molecule is CNc1cc(-c2ccc[nH]2)n(C)n1. The Hall–Kier alpha value is -1.71. The van der Waals surface area contributed by atoms with Crippen LogP contribution in [0.4, 0.5) is 5.82 Å². The molecular weight excluding hydrogens is 164 g/mol. The van der Waals surface area contributed by atoms with E-state index in [0.29, 0.717) is 0 Å². The molecule has 0 unspecified atom stereocenters. The Morgan fingerprint density at radius 1 is 1.54 bits per heavy atom. The summed E-state index contributed by atoms with van der Waals surface area (Å²) >= 11 is 0. The third-order valence-electron chi connectivity index (χ3n) is 2.01. The summed E-state index contributed by atoms with van der Waals surface area (Å²) in [5.74, 6) is 0.882.